The molecule has 2 amide bonds. The van der Waals surface area contributed by atoms with Gasteiger partial charge in [-0.05, 0) is 73.5 Å². The minimum atomic E-state index is -0.921. The molecule has 0 saturated carbocycles. The number of nitrogens with one attached hydrogen (secondary N) is 2. The molecule has 0 aliphatic heterocycles. The normalized spacial score (nSPS) is 11.1. The van der Waals surface area contributed by atoms with Crippen molar-refractivity contribution in [3.63, 3.8) is 0 Å². The van der Waals surface area contributed by atoms with Gasteiger partial charge in [-0.1, -0.05) is 35.3 Å². The van der Waals surface area contributed by atoms with Gasteiger partial charge < -0.3 is 10.1 Å². The van der Waals surface area contributed by atoms with Gasteiger partial charge in [-0.15, -0.1) is 0 Å². The molecular weight excluding hydrogens is 468 g/mol. The van der Waals surface area contributed by atoms with E-state index in [4.69, 9.17) is 27.9 Å². The van der Waals surface area contributed by atoms with E-state index in [2.05, 4.69) is 15.8 Å². The van der Waals surface area contributed by atoms with E-state index in [-0.39, 0.29) is 12.2 Å². The van der Waals surface area contributed by atoms with E-state index in [1.807, 2.05) is 0 Å². The van der Waals surface area contributed by atoms with E-state index < -0.39 is 17.6 Å². The Morgan fingerprint density at radius 2 is 1.64 bits per heavy atom. The molecule has 0 spiro atoms. The minimum absolute atomic E-state index is 0.0187. The number of nitrogens with zero attached hydrogens (tertiary/aromatic N) is 1. The zero-order valence-electron chi connectivity index (χ0n) is 17.8. The van der Waals surface area contributed by atoms with Crippen LogP contribution in [-0.4, -0.2) is 17.5 Å². The van der Waals surface area contributed by atoms with Gasteiger partial charge in [0.2, 0.25) is 0 Å². The summed E-state index contributed by atoms with van der Waals surface area (Å²) < 4.78 is 19.4. The number of hydrogen-bond acceptors (Lipinski definition) is 4. The van der Waals surface area contributed by atoms with Crippen molar-refractivity contribution in [2.75, 3.05) is 5.32 Å². The summed E-state index contributed by atoms with van der Waals surface area (Å²) in [6.07, 6.45) is 0. The molecule has 3 aromatic rings. The van der Waals surface area contributed by atoms with Crippen molar-refractivity contribution in [1.82, 2.24) is 5.43 Å². The maximum atomic E-state index is 13.8. The lowest BCUT2D eigenvalue weighted by Gasteiger charge is -2.10. The van der Waals surface area contributed by atoms with E-state index in [0.29, 0.717) is 38.3 Å². The number of carbonyl (C=O) groups excluding carboxylic acids is 2. The Labute approximate surface area is 200 Å². The van der Waals surface area contributed by atoms with Gasteiger partial charge in [0.05, 0.1) is 10.7 Å². The molecule has 0 bridgehead atoms. The smallest absolute Gasteiger partial charge is 0.329 e. The van der Waals surface area contributed by atoms with Crippen LogP contribution in [0.2, 0.25) is 10.0 Å². The third kappa shape index (κ3) is 6.31. The van der Waals surface area contributed by atoms with Crippen LogP contribution in [0, 0.1) is 12.7 Å². The SMILES string of the molecule is C/C(=N\NC(=O)C(=O)Nc1cccc(Cl)c1C)c1ccc(OCc2c(F)cccc2Cl)cc1. The first-order valence-corrected chi connectivity index (χ1v) is 10.6. The molecule has 0 aliphatic carbocycles. The summed E-state index contributed by atoms with van der Waals surface area (Å²) in [6.45, 7) is 3.39. The predicted molar refractivity (Wildman–Crippen MR) is 127 cm³/mol. The molecule has 0 aromatic heterocycles. The zero-order valence-corrected chi connectivity index (χ0v) is 19.3. The van der Waals surface area contributed by atoms with Gasteiger partial charge in [0, 0.05) is 16.3 Å². The van der Waals surface area contributed by atoms with Gasteiger partial charge in [0.25, 0.3) is 0 Å². The predicted octanol–water partition coefficient (Wildman–Crippen LogP) is 5.50. The summed E-state index contributed by atoms with van der Waals surface area (Å²) in [6, 6.07) is 16.2. The molecule has 0 aliphatic rings. The topological polar surface area (TPSA) is 79.8 Å². The van der Waals surface area contributed by atoms with Gasteiger partial charge in [-0.3, -0.25) is 9.59 Å². The fourth-order valence-electron chi connectivity index (χ4n) is 2.79. The van der Waals surface area contributed by atoms with E-state index in [0.717, 1.165) is 0 Å². The summed E-state index contributed by atoms with van der Waals surface area (Å²) >= 11 is 12.0. The highest BCUT2D eigenvalue weighted by atomic mass is 35.5. The van der Waals surface area contributed by atoms with E-state index in [9.17, 15) is 14.0 Å². The highest BCUT2D eigenvalue weighted by Crippen LogP contribution is 2.23. The van der Waals surface area contributed by atoms with Crippen molar-refractivity contribution in [3.8, 4) is 5.75 Å². The molecule has 3 aromatic carbocycles. The second-order valence-corrected chi connectivity index (χ2v) is 7.83. The maximum Gasteiger partial charge on any atom is 0.329 e. The van der Waals surface area contributed by atoms with Crippen LogP contribution < -0.4 is 15.5 Å². The molecule has 0 unspecified atom stereocenters. The first-order valence-electron chi connectivity index (χ1n) is 9.83. The molecule has 0 heterocycles. The first kappa shape index (κ1) is 24.2. The Bertz CT molecular complexity index is 1190. The Hall–Kier alpha value is -3.42. The molecule has 2 N–H and O–H groups in total. The fraction of sp³-hybridized carbons (Fsp3) is 0.125. The molecule has 3 rings (SSSR count). The monoisotopic (exact) mass is 487 g/mol. The van der Waals surface area contributed by atoms with E-state index in [1.165, 1.54) is 12.1 Å². The van der Waals surface area contributed by atoms with Crippen molar-refractivity contribution in [3.05, 3.63) is 93.2 Å². The van der Waals surface area contributed by atoms with Crippen LogP contribution in [-0.2, 0) is 16.2 Å². The quantitative estimate of drug-likeness (QED) is 0.273. The lowest BCUT2D eigenvalue weighted by molar-refractivity contribution is -0.136. The number of amides is 2. The molecule has 9 heteroatoms. The molecule has 0 radical (unpaired) electrons. The van der Waals surface area contributed by atoms with Crippen LogP contribution in [0.25, 0.3) is 0 Å². The summed E-state index contributed by atoms with van der Waals surface area (Å²) in [5, 5.41) is 7.24. The van der Waals surface area contributed by atoms with E-state index >= 15 is 0 Å². The molecule has 6 nitrogen and oxygen atoms in total. The van der Waals surface area contributed by atoms with Crippen LogP contribution in [0.15, 0.2) is 65.8 Å². The van der Waals surface area contributed by atoms with Crippen molar-refractivity contribution in [2.45, 2.75) is 20.5 Å². The van der Waals surface area contributed by atoms with E-state index in [1.54, 1.807) is 62.4 Å². The minimum Gasteiger partial charge on any atom is -0.489 e. The molecule has 170 valence electrons. The lowest BCUT2D eigenvalue weighted by atomic mass is 10.1. The Morgan fingerprint density at radius 1 is 0.970 bits per heavy atom. The number of benzene rings is 3. The Kier molecular flexibility index (Phi) is 8.03. The summed E-state index contributed by atoms with van der Waals surface area (Å²) in [7, 11) is 0. The van der Waals surface area contributed by atoms with Crippen molar-refractivity contribution >= 4 is 46.4 Å². The standard InChI is InChI=1S/C24H20Cl2FN3O3/c1-14-19(25)5-4-8-22(14)28-23(31)24(32)30-29-15(2)16-9-11-17(12-10-16)33-13-18-20(26)6-3-7-21(18)27/h3-12H,13H2,1-2H3,(H,28,31)(H,30,32)/b29-15+. The van der Waals surface area contributed by atoms with Crippen LogP contribution in [0.5, 0.6) is 5.75 Å². The average Bonchev–Trinajstić information content (AvgIpc) is 2.80. The zero-order chi connectivity index (χ0) is 24.0. The van der Waals surface area contributed by atoms with Crippen LogP contribution in [0.3, 0.4) is 0 Å². The maximum absolute atomic E-state index is 13.8. The molecule has 0 saturated heterocycles. The van der Waals surface area contributed by atoms with Gasteiger partial charge in [0.15, 0.2) is 0 Å². The number of rotatable bonds is 6. The summed E-state index contributed by atoms with van der Waals surface area (Å²) in [5.74, 6) is -1.72. The first-order chi connectivity index (χ1) is 15.8. The largest absolute Gasteiger partial charge is 0.489 e. The molecular formula is C24H20Cl2FN3O3. The third-order valence-corrected chi connectivity index (χ3v) is 5.53. The van der Waals surface area contributed by atoms with Crippen LogP contribution in [0.1, 0.15) is 23.6 Å². The fourth-order valence-corrected chi connectivity index (χ4v) is 3.18. The average molecular weight is 488 g/mol. The number of hydrogen-bond donors (Lipinski definition) is 2. The Morgan fingerprint density at radius 3 is 2.33 bits per heavy atom. The highest BCUT2D eigenvalue weighted by Gasteiger charge is 2.15. The molecule has 0 fully saturated rings. The van der Waals surface area contributed by atoms with Crippen LogP contribution in [0.4, 0.5) is 10.1 Å². The summed E-state index contributed by atoms with van der Waals surface area (Å²) in [4.78, 5) is 24.2. The number of hydrazone groups is 1. The van der Waals surface area contributed by atoms with Crippen LogP contribution >= 0.6 is 23.2 Å². The lowest BCUT2D eigenvalue weighted by Crippen LogP contribution is -2.33. The Balaban J connectivity index is 1.57. The van der Waals surface area contributed by atoms with Gasteiger partial charge >= 0.3 is 11.8 Å². The third-order valence-electron chi connectivity index (χ3n) is 4.76. The molecule has 0 atom stereocenters. The second-order valence-electron chi connectivity index (χ2n) is 7.02. The van der Waals surface area contributed by atoms with Crippen molar-refractivity contribution in [1.29, 1.82) is 0 Å². The van der Waals surface area contributed by atoms with Gasteiger partial charge in [0.1, 0.15) is 18.2 Å². The second kappa shape index (κ2) is 10.9. The van der Waals surface area contributed by atoms with Crippen molar-refractivity contribution < 1.29 is 18.7 Å². The number of ether oxygens (including phenoxy) is 1. The highest BCUT2D eigenvalue weighted by molar-refractivity contribution is 6.40. The molecule has 33 heavy (non-hydrogen) atoms. The van der Waals surface area contributed by atoms with Crippen molar-refractivity contribution in [2.24, 2.45) is 5.10 Å². The number of halogens is 3. The van der Waals surface area contributed by atoms with Gasteiger partial charge in [-0.2, -0.15) is 5.10 Å². The summed E-state index contributed by atoms with van der Waals surface area (Å²) in [5.41, 5.74) is 4.75. The number of carbonyl (C=O) groups is 2. The van der Waals surface area contributed by atoms with Gasteiger partial charge in [-0.25, -0.2) is 9.82 Å². The number of anilines is 1.